The number of benzene rings is 2. The third-order valence-electron chi connectivity index (χ3n) is 4.42. The van der Waals surface area contributed by atoms with Crippen LogP contribution in [0.4, 0.5) is 5.69 Å². The van der Waals surface area contributed by atoms with Crippen LogP contribution in [0.5, 0.6) is 11.5 Å². The Bertz CT molecular complexity index is 942. The smallest absolute Gasteiger partial charge is 0.232 e. The number of hydrogen-bond acceptors (Lipinski definition) is 5. The monoisotopic (exact) mass is 404 g/mol. The lowest BCUT2D eigenvalue weighted by Gasteiger charge is -2.22. The Hall–Kier alpha value is -2.74. The number of sulfonamides is 1. The Kier molecular flexibility index (Phi) is 6.08. The van der Waals surface area contributed by atoms with Crippen LogP contribution < -0.4 is 19.1 Å². The molecule has 28 heavy (non-hydrogen) atoms. The Morgan fingerprint density at radius 2 is 1.82 bits per heavy atom. The van der Waals surface area contributed by atoms with Crippen molar-refractivity contribution in [3.05, 3.63) is 53.6 Å². The Balaban J connectivity index is 1.54. The van der Waals surface area contributed by atoms with Crippen molar-refractivity contribution in [3.63, 3.8) is 0 Å². The van der Waals surface area contributed by atoms with E-state index in [0.29, 0.717) is 30.2 Å². The van der Waals surface area contributed by atoms with Crippen LogP contribution in [-0.4, -0.2) is 33.9 Å². The first-order chi connectivity index (χ1) is 13.3. The molecule has 7 nitrogen and oxygen atoms in total. The maximum absolute atomic E-state index is 12.2. The summed E-state index contributed by atoms with van der Waals surface area (Å²) in [4.78, 5) is 12.1. The van der Waals surface area contributed by atoms with Gasteiger partial charge in [-0.3, -0.25) is 9.10 Å². The van der Waals surface area contributed by atoms with Crippen molar-refractivity contribution >= 4 is 21.6 Å². The summed E-state index contributed by atoms with van der Waals surface area (Å²) in [5, 5.41) is 2.86. The van der Waals surface area contributed by atoms with Crippen LogP contribution in [0.3, 0.4) is 0 Å². The third-order valence-corrected chi connectivity index (χ3v) is 5.61. The summed E-state index contributed by atoms with van der Waals surface area (Å²) in [5.41, 5.74) is 2.68. The molecule has 0 saturated heterocycles. The SMILES string of the molecule is Cc1ccc(CNC(=O)CCCN(c2ccc3c(c2)OCO3)S(C)(=O)=O)cc1. The maximum atomic E-state index is 12.2. The van der Waals surface area contributed by atoms with E-state index in [2.05, 4.69) is 5.32 Å². The molecule has 1 aliphatic heterocycles. The van der Waals surface area contributed by atoms with E-state index < -0.39 is 10.0 Å². The van der Waals surface area contributed by atoms with E-state index in [1.54, 1.807) is 18.2 Å². The zero-order valence-electron chi connectivity index (χ0n) is 16.0. The van der Waals surface area contributed by atoms with Gasteiger partial charge < -0.3 is 14.8 Å². The van der Waals surface area contributed by atoms with Gasteiger partial charge in [-0.15, -0.1) is 0 Å². The van der Waals surface area contributed by atoms with Gasteiger partial charge in [-0.2, -0.15) is 0 Å². The number of amides is 1. The van der Waals surface area contributed by atoms with Crippen LogP contribution in [0, 0.1) is 6.92 Å². The van der Waals surface area contributed by atoms with Crippen LogP contribution in [-0.2, 0) is 21.4 Å². The molecule has 0 spiro atoms. The van der Waals surface area contributed by atoms with Crippen molar-refractivity contribution in [2.24, 2.45) is 0 Å². The summed E-state index contributed by atoms with van der Waals surface area (Å²) in [6.45, 7) is 2.79. The van der Waals surface area contributed by atoms with Crippen LogP contribution >= 0.6 is 0 Å². The molecule has 3 rings (SSSR count). The highest BCUT2D eigenvalue weighted by Crippen LogP contribution is 2.36. The summed E-state index contributed by atoms with van der Waals surface area (Å²) < 4.78 is 36.3. The molecule has 0 bridgehead atoms. The number of fused-ring (bicyclic) bond motifs is 1. The van der Waals surface area contributed by atoms with E-state index in [1.807, 2.05) is 31.2 Å². The fraction of sp³-hybridized carbons (Fsp3) is 0.350. The van der Waals surface area contributed by atoms with E-state index in [1.165, 1.54) is 9.87 Å². The zero-order valence-corrected chi connectivity index (χ0v) is 16.8. The first kappa shape index (κ1) is 20.0. The average Bonchev–Trinajstić information content (AvgIpc) is 3.11. The summed E-state index contributed by atoms with van der Waals surface area (Å²) in [6, 6.07) is 12.9. The summed E-state index contributed by atoms with van der Waals surface area (Å²) in [6.07, 6.45) is 1.79. The van der Waals surface area contributed by atoms with Crippen molar-refractivity contribution in [3.8, 4) is 11.5 Å². The molecule has 2 aromatic rings. The standard InChI is InChI=1S/C20H24N2O5S/c1-15-5-7-16(8-6-15)13-21-20(23)4-3-11-22(28(2,24)25)17-9-10-18-19(12-17)27-14-26-18/h5-10,12H,3-4,11,13-14H2,1-2H3,(H,21,23). The lowest BCUT2D eigenvalue weighted by Crippen LogP contribution is -2.32. The number of nitrogens with one attached hydrogen (secondary N) is 1. The molecule has 0 radical (unpaired) electrons. The maximum Gasteiger partial charge on any atom is 0.232 e. The van der Waals surface area contributed by atoms with E-state index >= 15 is 0 Å². The highest BCUT2D eigenvalue weighted by Gasteiger charge is 2.21. The lowest BCUT2D eigenvalue weighted by atomic mass is 10.1. The first-order valence-corrected chi connectivity index (χ1v) is 10.9. The second kappa shape index (κ2) is 8.52. The third kappa shape index (κ3) is 5.16. The number of carbonyl (C=O) groups excluding carboxylic acids is 1. The molecule has 1 N–H and O–H groups in total. The molecule has 0 saturated carbocycles. The van der Waals surface area contributed by atoms with Gasteiger partial charge in [0.25, 0.3) is 0 Å². The highest BCUT2D eigenvalue weighted by molar-refractivity contribution is 7.92. The topological polar surface area (TPSA) is 84.9 Å². The number of nitrogens with zero attached hydrogens (tertiary/aromatic N) is 1. The molecule has 1 aliphatic rings. The largest absolute Gasteiger partial charge is 0.454 e. The molecule has 2 aromatic carbocycles. The van der Waals surface area contributed by atoms with Gasteiger partial charge in [0.1, 0.15) is 0 Å². The number of carbonyl (C=O) groups is 1. The molecule has 0 aliphatic carbocycles. The quantitative estimate of drug-likeness (QED) is 0.731. The van der Waals surface area contributed by atoms with Crippen molar-refractivity contribution in [1.29, 1.82) is 0 Å². The molecule has 0 aromatic heterocycles. The van der Waals surface area contributed by atoms with Gasteiger partial charge in [0.15, 0.2) is 11.5 Å². The summed E-state index contributed by atoms with van der Waals surface area (Å²) >= 11 is 0. The molecule has 0 fully saturated rings. The minimum Gasteiger partial charge on any atom is -0.454 e. The molecule has 1 heterocycles. The predicted molar refractivity (Wildman–Crippen MR) is 107 cm³/mol. The van der Waals surface area contributed by atoms with E-state index in [4.69, 9.17) is 9.47 Å². The highest BCUT2D eigenvalue weighted by atomic mass is 32.2. The zero-order chi connectivity index (χ0) is 20.1. The molecule has 0 unspecified atom stereocenters. The average molecular weight is 404 g/mol. The van der Waals surface area contributed by atoms with Crippen LogP contribution in [0.2, 0.25) is 0 Å². The van der Waals surface area contributed by atoms with Crippen molar-refractivity contribution in [2.75, 3.05) is 23.9 Å². The van der Waals surface area contributed by atoms with Crippen molar-refractivity contribution in [2.45, 2.75) is 26.3 Å². The van der Waals surface area contributed by atoms with E-state index in [0.717, 1.165) is 11.8 Å². The molecular weight excluding hydrogens is 380 g/mol. The minimum absolute atomic E-state index is 0.111. The van der Waals surface area contributed by atoms with E-state index in [-0.39, 0.29) is 25.7 Å². The van der Waals surface area contributed by atoms with Crippen LogP contribution in [0.15, 0.2) is 42.5 Å². The van der Waals surface area contributed by atoms with Gasteiger partial charge in [0, 0.05) is 25.6 Å². The molecule has 1 amide bonds. The minimum atomic E-state index is -3.49. The lowest BCUT2D eigenvalue weighted by molar-refractivity contribution is -0.121. The van der Waals surface area contributed by atoms with Gasteiger partial charge in [0.05, 0.1) is 11.9 Å². The molecular formula is C20H24N2O5S. The second-order valence-electron chi connectivity index (χ2n) is 6.74. The van der Waals surface area contributed by atoms with Gasteiger partial charge in [-0.1, -0.05) is 29.8 Å². The van der Waals surface area contributed by atoms with Gasteiger partial charge in [0.2, 0.25) is 22.7 Å². The van der Waals surface area contributed by atoms with Crippen molar-refractivity contribution in [1.82, 2.24) is 5.32 Å². The predicted octanol–water partition coefficient (Wildman–Crippen LogP) is 2.59. The Morgan fingerprint density at radius 3 is 2.54 bits per heavy atom. The Morgan fingerprint density at radius 1 is 1.11 bits per heavy atom. The normalized spacial score (nSPS) is 12.6. The molecule has 0 atom stereocenters. The fourth-order valence-electron chi connectivity index (χ4n) is 2.90. The summed E-state index contributed by atoms with van der Waals surface area (Å²) in [5.74, 6) is 0.995. The summed E-state index contributed by atoms with van der Waals surface area (Å²) in [7, 11) is -3.49. The van der Waals surface area contributed by atoms with E-state index in [9.17, 15) is 13.2 Å². The van der Waals surface area contributed by atoms with Crippen molar-refractivity contribution < 1.29 is 22.7 Å². The van der Waals surface area contributed by atoms with Gasteiger partial charge in [-0.05, 0) is 31.0 Å². The van der Waals surface area contributed by atoms with Crippen LogP contribution in [0.1, 0.15) is 24.0 Å². The number of ether oxygens (including phenoxy) is 2. The fourth-order valence-corrected chi connectivity index (χ4v) is 3.86. The second-order valence-corrected chi connectivity index (χ2v) is 8.65. The van der Waals surface area contributed by atoms with Gasteiger partial charge in [-0.25, -0.2) is 8.42 Å². The molecule has 150 valence electrons. The Labute approximate surface area is 165 Å². The van der Waals surface area contributed by atoms with Gasteiger partial charge >= 0.3 is 0 Å². The number of aryl methyl sites for hydroxylation is 1. The number of rotatable bonds is 8. The first-order valence-electron chi connectivity index (χ1n) is 9.02. The van der Waals surface area contributed by atoms with Crippen LogP contribution in [0.25, 0.3) is 0 Å². The number of anilines is 1. The molecule has 8 heteroatoms. The number of hydrogen-bond donors (Lipinski definition) is 1.